The van der Waals surface area contributed by atoms with Gasteiger partial charge in [-0.2, -0.15) is 5.10 Å². The van der Waals surface area contributed by atoms with Crippen LogP contribution in [0, 0.1) is 6.92 Å². The van der Waals surface area contributed by atoms with Crippen molar-refractivity contribution >= 4 is 5.97 Å². The third kappa shape index (κ3) is 1.93. The second-order valence-corrected chi connectivity index (χ2v) is 3.75. The van der Waals surface area contributed by atoms with E-state index >= 15 is 0 Å². The number of carboxylic acid groups (broad SMARTS) is 1. The molecule has 2 aromatic rings. The average Bonchev–Trinajstić information content (AvgIpc) is 2.81. The van der Waals surface area contributed by atoms with Crippen molar-refractivity contribution in [3.05, 3.63) is 23.3 Å². The molecule has 0 bridgehead atoms. The Kier molecular flexibility index (Phi) is 2.71. The maximum atomic E-state index is 10.9. The highest BCUT2D eigenvalue weighted by atomic mass is 16.4. The standard InChI is InChI=1S/C11H13N3O3/c1-4-8-7(5-14(3)13-8)10-12-9(11(15)16)6(2)17-10/h5H,4H2,1-3H3,(H,15,16). The molecule has 0 radical (unpaired) electrons. The molecule has 2 aromatic heterocycles. The van der Waals surface area contributed by atoms with E-state index in [1.54, 1.807) is 24.9 Å². The molecular weight excluding hydrogens is 222 g/mol. The molecule has 0 atom stereocenters. The van der Waals surface area contributed by atoms with Crippen LogP contribution < -0.4 is 0 Å². The zero-order valence-corrected chi connectivity index (χ0v) is 9.89. The quantitative estimate of drug-likeness (QED) is 0.874. The van der Waals surface area contributed by atoms with E-state index in [0.717, 1.165) is 17.7 Å². The van der Waals surface area contributed by atoms with E-state index in [9.17, 15) is 4.79 Å². The minimum Gasteiger partial charge on any atom is -0.476 e. The first kappa shape index (κ1) is 11.4. The Balaban J connectivity index is 2.53. The lowest BCUT2D eigenvalue weighted by molar-refractivity contribution is 0.0689. The molecular formula is C11H13N3O3. The smallest absolute Gasteiger partial charge is 0.358 e. The van der Waals surface area contributed by atoms with Crippen molar-refractivity contribution in [2.45, 2.75) is 20.3 Å². The minimum absolute atomic E-state index is 0.0501. The first-order valence-electron chi connectivity index (χ1n) is 5.26. The van der Waals surface area contributed by atoms with Gasteiger partial charge in [0, 0.05) is 13.2 Å². The van der Waals surface area contributed by atoms with Gasteiger partial charge in [-0.05, 0) is 13.3 Å². The van der Waals surface area contributed by atoms with Gasteiger partial charge in [-0.25, -0.2) is 9.78 Å². The number of aromatic carboxylic acids is 1. The third-order valence-electron chi connectivity index (χ3n) is 2.47. The highest BCUT2D eigenvalue weighted by molar-refractivity contribution is 5.87. The van der Waals surface area contributed by atoms with Crippen LogP contribution in [0.2, 0.25) is 0 Å². The number of oxazole rings is 1. The van der Waals surface area contributed by atoms with Crippen molar-refractivity contribution < 1.29 is 14.3 Å². The summed E-state index contributed by atoms with van der Waals surface area (Å²) in [5.74, 6) is -0.470. The summed E-state index contributed by atoms with van der Waals surface area (Å²) in [7, 11) is 1.80. The lowest BCUT2D eigenvalue weighted by Gasteiger charge is -1.92. The van der Waals surface area contributed by atoms with Gasteiger partial charge in [-0.3, -0.25) is 4.68 Å². The van der Waals surface area contributed by atoms with Crippen LogP contribution in [-0.2, 0) is 13.5 Å². The van der Waals surface area contributed by atoms with Gasteiger partial charge in [-0.15, -0.1) is 0 Å². The Morgan fingerprint density at radius 2 is 2.29 bits per heavy atom. The summed E-state index contributed by atoms with van der Waals surface area (Å²) in [6.45, 7) is 3.56. The maximum absolute atomic E-state index is 10.9. The predicted octanol–water partition coefficient (Wildman–Crippen LogP) is 1.64. The van der Waals surface area contributed by atoms with Gasteiger partial charge in [-0.1, -0.05) is 6.92 Å². The number of rotatable bonds is 3. The number of carbonyl (C=O) groups is 1. The number of nitrogens with zero attached hydrogens (tertiary/aromatic N) is 3. The van der Waals surface area contributed by atoms with Crippen LogP contribution in [0.25, 0.3) is 11.5 Å². The monoisotopic (exact) mass is 235 g/mol. The number of hydrogen-bond acceptors (Lipinski definition) is 4. The van der Waals surface area contributed by atoms with E-state index in [1.165, 1.54) is 0 Å². The summed E-state index contributed by atoms with van der Waals surface area (Å²) < 4.78 is 7.03. The van der Waals surface area contributed by atoms with E-state index < -0.39 is 5.97 Å². The number of aryl methyl sites for hydroxylation is 3. The molecule has 6 nitrogen and oxygen atoms in total. The Bertz CT molecular complexity index is 569. The molecule has 0 spiro atoms. The van der Waals surface area contributed by atoms with Crippen molar-refractivity contribution in [2.75, 3.05) is 0 Å². The van der Waals surface area contributed by atoms with Crippen LogP contribution in [0.4, 0.5) is 0 Å². The molecule has 0 aliphatic heterocycles. The molecule has 0 fully saturated rings. The molecule has 0 aromatic carbocycles. The Morgan fingerprint density at radius 3 is 2.82 bits per heavy atom. The molecule has 0 aliphatic rings. The molecule has 0 aliphatic carbocycles. The Labute approximate surface area is 97.9 Å². The van der Waals surface area contributed by atoms with Crippen molar-refractivity contribution in [2.24, 2.45) is 7.05 Å². The third-order valence-corrected chi connectivity index (χ3v) is 2.47. The highest BCUT2D eigenvalue weighted by Crippen LogP contribution is 2.24. The first-order valence-corrected chi connectivity index (χ1v) is 5.26. The predicted molar refractivity (Wildman–Crippen MR) is 59.8 cm³/mol. The molecule has 17 heavy (non-hydrogen) atoms. The largest absolute Gasteiger partial charge is 0.476 e. The molecule has 2 heterocycles. The van der Waals surface area contributed by atoms with E-state index in [4.69, 9.17) is 9.52 Å². The molecule has 2 rings (SSSR count). The van der Waals surface area contributed by atoms with E-state index in [1.807, 2.05) is 6.92 Å². The van der Waals surface area contributed by atoms with Gasteiger partial charge in [0.05, 0.1) is 11.3 Å². The van der Waals surface area contributed by atoms with Crippen LogP contribution in [0.1, 0.15) is 28.9 Å². The minimum atomic E-state index is -1.08. The lowest BCUT2D eigenvalue weighted by atomic mass is 10.2. The van der Waals surface area contributed by atoms with Crippen LogP contribution in [0.3, 0.4) is 0 Å². The Morgan fingerprint density at radius 1 is 1.59 bits per heavy atom. The first-order chi connectivity index (χ1) is 8.02. The molecule has 0 saturated heterocycles. The van der Waals surface area contributed by atoms with Crippen LogP contribution in [0.5, 0.6) is 0 Å². The normalized spacial score (nSPS) is 10.8. The maximum Gasteiger partial charge on any atom is 0.358 e. The Hall–Kier alpha value is -2.11. The average molecular weight is 235 g/mol. The lowest BCUT2D eigenvalue weighted by Crippen LogP contribution is -1.98. The number of hydrogen-bond donors (Lipinski definition) is 1. The van der Waals surface area contributed by atoms with Crippen molar-refractivity contribution in [1.29, 1.82) is 0 Å². The topological polar surface area (TPSA) is 81.2 Å². The van der Waals surface area contributed by atoms with Crippen LogP contribution >= 0.6 is 0 Å². The van der Waals surface area contributed by atoms with Gasteiger partial charge >= 0.3 is 5.97 Å². The van der Waals surface area contributed by atoms with Crippen LogP contribution in [-0.4, -0.2) is 25.8 Å². The molecule has 90 valence electrons. The number of carboxylic acids is 1. The van der Waals surface area contributed by atoms with Crippen molar-refractivity contribution in [3.8, 4) is 11.5 Å². The number of aromatic nitrogens is 3. The zero-order valence-electron chi connectivity index (χ0n) is 9.89. The fourth-order valence-electron chi connectivity index (χ4n) is 1.68. The summed E-state index contributed by atoms with van der Waals surface area (Å²) in [5, 5.41) is 13.2. The fourth-order valence-corrected chi connectivity index (χ4v) is 1.68. The van der Waals surface area contributed by atoms with Crippen LogP contribution in [0.15, 0.2) is 10.6 Å². The van der Waals surface area contributed by atoms with Crippen molar-refractivity contribution in [3.63, 3.8) is 0 Å². The second-order valence-electron chi connectivity index (χ2n) is 3.75. The molecule has 0 amide bonds. The van der Waals surface area contributed by atoms with E-state index in [0.29, 0.717) is 11.7 Å². The van der Waals surface area contributed by atoms with E-state index in [-0.39, 0.29) is 5.69 Å². The summed E-state index contributed by atoms with van der Waals surface area (Å²) in [6.07, 6.45) is 2.51. The van der Waals surface area contributed by atoms with Gasteiger partial charge < -0.3 is 9.52 Å². The summed E-state index contributed by atoms with van der Waals surface area (Å²) >= 11 is 0. The molecule has 6 heteroatoms. The zero-order chi connectivity index (χ0) is 12.6. The van der Waals surface area contributed by atoms with Gasteiger partial charge in [0.25, 0.3) is 0 Å². The van der Waals surface area contributed by atoms with Gasteiger partial charge in [0.2, 0.25) is 5.89 Å². The fraction of sp³-hybridized carbons (Fsp3) is 0.364. The summed E-state index contributed by atoms with van der Waals surface area (Å²) in [5.41, 5.74) is 1.53. The summed E-state index contributed by atoms with van der Waals surface area (Å²) in [4.78, 5) is 14.9. The molecule has 1 N–H and O–H groups in total. The van der Waals surface area contributed by atoms with Gasteiger partial charge in [0.15, 0.2) is 5.69 Å². The second kappa shape index (κ2) is 4.04. The highest BCUT2D eigenvalue weighted by Gasteiger charge is 2.20. The van der Waals surface area contributed by atoms with Crippen molar-refractivity contribution in [1.82, 2.24) is 14.8 Å². The van der Waals surface area contributed by atoms with Gasteiger partial charge in [0.1, 0.15) is 5.76 Å². The summed E-state index contributed by atoms with van der Waals surface area (Å²) in [6, 6.07) is 0. The molecule has 0 saturated carbocycles. The van der Waals surface area contributed by atoms with E-state index in [2.05, 4.69) is 10.1 Å². The molecule has 0 unspecified atom stereocenters. The SMILES string of the molecule is CCc1nn(C)cc1-c1nc(C(=O)O)c(C)o1.